The predicted molar refractivity (Wildman–Crippen MR) is 95.1 cm³/mol. The maximum atomic E-state index is 12.4. The summed E-state index contributed by atoms with van der Waals surface area (Å²) >= 11 is 35.9. The molecule has 0 bridgehead atoms. The zero-order chi connectivity index (χ0) is 16.4. The standard InChI is InChI=1S/C15H8Cl6O/c16-9-3-1-7(5-11(9)18)13(20)15(22)14(21)8-2-4-10(17)12(19)6-8/h1-6,13-14H. The average molecular weight is 417 g/mol. The summed E-state index contributed by atoms with van der Waals surface area (Å²) in [5.41, 5.74) is 1.04. The summed E-state index contributed by atoms with van der Waals surface area (Å²) in [6.07, 6.45) is 0. The Morgan fingerprint density at radius 3 is 1.36 bits per heavy atom. The van der Waals surface area contributed by atoms with Crippen LogP contribution in [-0.2, 0) is 4.79 Å². The van der Waals surface area contributed by atoms with Crippen LogP contribution in [-0.4, -0.2) is 5.78 Å². The van der Waals surface area contributed by atoms with Crippen LogP contribution in [0.4, 0.5) is 0 Å². The van der Waals surface area contributed by atoms with E-state index in [9.17, 15) is 4.79 Å². The second-order valence-electron chi connectivity index (χ2n) is 4.47. The monoisotopic (exact) mass is 414 g/mol. The Morgan fingerprint density at radius 2 is 1.05 bits per heavy atom. The number of Topliss-reactive ketones (excluding diaryl/α,β-unsaturated/α-hetero) is 1. The minimum Gasteiger partial charge on any atom is -0.296 e. The SMILES string of the molecule is O=C(C(Cl)c1ccc(Cl)c(Cl)c1)C(Cl)c1ccc(Cl)c(Cl)c1. The van der Waals surface area contributed by atoms with Gasteiger partial charge >= 0.3 is 0 Å². The van der Waals surface area contributed by atoms with Gasteiger partial charge in [-0.2, -0.15) is 0 Å². The third-order valence-electron chi connectivity index (χ3n) is 2.97. The first kappa shape index (κ1) is 18.2. The quantitative estimate of drug-likeness (QED) is 0.484. The lowest BCUT2D eigenvalue weighted by molar-refractivity contribution is -0.118. The molecule has 0 heterocycles. The van der Waals surface area contributed by atoms with E-state index >= 15 is 0 Å². The van der Waals surface area contributed by atoms with Crippen molar-refractivity contribution in [1.82, 2.24) is 0 Å². The molecule has 0 aromatic heterocycles. The summed E-state index contributed by atoms with van der Waals surface area (Å²) in [5, 5.41) is -0.503. The van der Waals surface area contributed by atoms with E-state index in [2.05, 4.69) is 0 Å². The van der Waals surface area contributed by atoms with E-state index < -0.39 is 10.8 Å². The van der Waals surface area contributed by atoms with Crippen molar-refractivity contribution in [2.45, 2.75) is 10.8 Å². The highest BCUT2D eigenvalue weighted by Crippen LogP contribution is 2.36. The second kappa shape index (κ2) is 7.61. The maximum absolute atomic E-state index is 12.4. The Morgan fingerprint density at radius 1 is 0.682 bits per heavy atom. The van der Waals surface area contributed by atoms with Crippen LogP contribution < -0.4 is 0 Å². The number of hydrogen-bond donors (Lipinski definition) is 0. The maximum Gasteiger partial charge on any atom is 0.177 e. The lowest BCUT2D eigenvalue weighted by Gasteiger charge is -2.15. The van der Waals surface area contributed by atoms with E-state index in [4.69, 9.17) is 69.6 Å². The van der Waals surface area contributed by atoms with Gasteiger partial charge in [-0.1, -0.05) is 58.5 Å². The normalized spacial score (nSPS) is 13.7. The Balaban J connectivity index is 2.25. The molecule has 0 spiro atoms. The molecule has 2 atom stereocenters. The highest BCUT2D eigenvalue weighted by molar-refractivity contribution is 6.43. The minimum atomic E-state index is -0.952. The molecule has 0 saturated carbocycles. The van der Waals surface area contributed by atoms with Crippen LogP contribution in [0.5, 0.6) is 0 Å². The van der Waals surface area contributed by atoms with E-state index in [1.807, 2.05) is 0 Å². The first-order valence-corrected chi connectivity index (χ1v) is 8.41. The smallest absolute Gasteiger partial charge is 0.177 e. The van der Waals surface area contributed by atoms with E-state index in [1.54, 1.807) is 24.3 Å². The van der Waals surface area contributed by atoms with E-state index in [1.165, 1.54) is 12.1 Å². The van der Waals surface area contributed by atoms with Gasteiger partial charge in [0.25, 0.3) is 0 Å². The Hall–Kier alpha value is -0.150. The number of alkyl halides is 2. The molecule has 2 aromatic carbocycles. The van der Waals surface area contributed by atoms with Gasteiger partial charge in [0, 0.05) is 0 Å². The van der Waals surface area contributed by atoms with Gasteiger partial charge < -0.3 is 0 Å². The molecule has 2 aromatic rings. The van der Waals surface area contributed by atoms with Crippen molar-refractivity contribution in [3.8, 4) is 0 Å². The molecule has 2 rings (SSSR count). The number of carbonyl (C=O) groups excluding carboxylic acids is 1. The summed E-state index contributed by atoms with van der Waals surface area (Å²) in [5.74, 6) is -0.389. The third kappa shape index (κ3) is 4.03. The van der Waals surface area contributed by atoms with Gasteiger partial charge in [0.1, 0.15) is 10.8 Å². The van der Waals surface area contributed by atoms with Crippen molar-refractivity contribution < 1.29 is 4.79 Å². The zero-order valence-corrected chi connectivity index (χ0v) is 15.3. The Bertz CT molecular complexity index is 656. The highest BCUT2D eigenvalue weighted by Gasteiger charge is 2.27. The molecule has 0 saturated heterocycles. The Labute approximate surface area is 158 Å². The first-order chi connectivity index (χ1) is 10.3. The molecular weight excluding hydrogens is 409 g/mol. The predicted octanol–water partition coefficient (Wildman–Crippen LogP) is 7.13. The van der Waals surface area contributed by atoms with Crippen molar-refractivity contribution in [3.05, 3.63) is 67.6 Å². The molecule has 0 N–H and O–H groups in total. The molecule has 0 aliphatic rings. The molecule has 0 amide bonds. The van der Waals surface area contributed by atoms with E-state index in [0.717, 1.165) is 0 Å². The van der Waals surface area contributed by atoms with Crippen molar-refractivity contribution in [3.63, 3.8) is 0 Å². The van der Waals surface area contributed by atoms with Crippen molar-refractivity contribution in [2.24, 2.45) is 0 Å². The average Bonchev–Trinajstić information content (AvgIpc) is 2.50. The number of rotatable bonds is 4. The fourth-order valence-electron chi connectivity index (χ4n) is 1.80. The lowest BCUT2D eigenvalue weighted by Crippen LogP contribution is -2.13. The fourth-order valence-corrected chi connectivity index (χ4v) is 3.00. The summed E-state index contributed by atoms with van der Waals surface area (Å²) < 4.78 is 0. The number of ketones is 1. The molecule has 0 aliphatic heterocycles. The molecule has 0 radical (unpaired) electrons. The molecule has 1 nitrogen and oxygen atoms in total. The number of carbonyl (C=O) groups is 1. The highest BCUT2D eigenvalue weighted by atomic mass is 35.5. The van der Waals surface area contributed by atoms with Crippen LogP contribution in [0.15, 0.2) is 36.4 Å². The van der Waals surface area contributed by atoms with Crippen LogP contribution in [0, 0.1) is 0 Å². The topological polar surface area (TPSA) is 17.1 Å². The zero-order valence-electron chi connectivity index (χ0n) is 10.8. The van der Waals surface area contributed by atoms with Gasteiger partial charge in [-0.3, -0.25) is 4.79 Å². The summed E-state index contributed by atoms with van der Waals surface area (Å²) in [4.78, 5) is 12.4. The van der Waals surface area contributed by atoms with Crippen LogP contribution in [0.25, 0.3) is 0 Å². The van der Waals surface area contributed by atoms with Crippen molar-refractivity contribution in [1.29, 1.82) is 0 Å². The first-order valence-electron chi connectivity index (χ1n) is 6.03. The van der Waals surface area contributed by atoms with E-state index in [0.29, 0.717) is 31.2 Å². The molecule has 7 heteroatoms. The molecule has 0 fully saturated rings. The van der Waals surface area contributed by atoms with Crippen LogP contribution >= 0.6 is 69.6 Å². The Kier molecular flexibility index (Phi) is 6.30. The van der Waals surface area contributed by atoms with Gasteiger partial charge in [0.05, 0.1) is 20.1 Å². The van der Waals surface area contributed by atoms with Crippen molar-refractivity contribution >= 4 is 75.4 Å². The molecule has 2 unspecified atom stereocenters. The third-order valence-corrected chi connectivity index (χ3v) is 5.38. The largest absolute Gasteiger partial charge is 0.296 e. The number of halogens is 6. The van der Waals surface area contributed by atoms with Gasteiger partial charge in [0.2, 0.25) is 0 Å². The summed E-state index contributed by atoms with van der Waals surface area (Å²) in [6.45, 7) is 0. The van der Waals surface area contributed by atoms with Gasteiger partial charge in [0.15, 0.2) is 5.78 Å². The molecule has 0 aliphatic carbocycles. The number of hydrogen-bond acceptors (Lipinski definition) is 1. The van der Waals surface area contributed by atoms with E-state index in [-0.39, 0.29) is 5.78 Å². The molecular formula is C15H8Cl6O. The van der Waals surface area contributed by atoms with Gasteiger partial charge in [-0.15, -0.1) is 23.2 Å². The summed E-state index contributed by atoms with van der Waals surface area (Å²) in [7, 11) is 0. The van der Waals surface area contributed by atoms with Crippen LogP contribution in [0.1, 0.15) is 21.9 Å². The van der Waals surface area contributed by atoms with Gasteiger partial charge in [-0.05, 0) is 35.4 Å². The van der Waals surface area contributed by atoms with Crippen LogP contribution in [0.3, 0.4) is 0 Å². The van der Waals surface area contributed by atoms with Gasteiger partial charge in [-0.25, -0.2) is 0 Å². The molecule has 116 valence electrons. The second-order valence-corrected chi connectivity index (χ2v) is 6.98. The number of benzene rings is 2. The van der Waals surface area contributed by atoms with Crippen LogP contribution in [0.2, 0.25) is 20.1 Å². The summed E-state index contributed by atoms with van der Waals surface area (Å²) in [6, 6.07) is 9.48. The van der Waals surface area contributed by atoms with Crippen molar-refractivity contribution in [2.75, 3.05) is 0 Å². The molecule has 22 heavy (non-hydrogen) atoms. The lowest BCUT2D eigenvalue weighted by atomic mass is 10.0. The fraction of sp³-hybridized carbons (Fsp3) is 0.133. The minimum absolute atomic E-state index is 0.318.